The van der Waals surface area contributed by atoms with E-state index >= 15 is 0 Å². The van der Waals surface area contributed by atoms with Gasteiger partial charge in [-0.2, -0.15) is 0 Å². The van der Waals surface area contributed by atoms with Gasteiger partial charge in [0.05, 0.1) is 29.5 Å². The van der Waals surface area contributed by atoms with Crippen molar-refractivity contribution in [1.29, 1.82) is 0 Å². The summed E-state index contributed by atoms with van der Waals surface area (Å²) in [6.07, 6.45) is 0. The van der Waals surface area contributed by atoms with Gasteiger partial charge in [-0.25, -0.2) is 4.90 Å². The molecule has 2 unspecified atom stereocenters. The van der Waals surface area contributed by atoms with Crippen LogP contribution < -0.4 is 4.90 Å². The Labute approximate surface area is 185 Å². The molecule has 1 aliphatic heterocycles. The van der Waals surface area contributed by atoms with Crippen molar-refractivity contribution in [3.8, 4) is 0 Å². The molecular weight excluding hydrogens is 410 g/mol. The van der Waals surface area contributed by atoms with Crippen molar-refractivity contribution >= 4 is 29.1 Å². The van der Waals surface area contributed by atoms with Gasteiger partial charge in [0, 0.05) is 10.9 Å². The average Bonchev–Trinajstić information content (AvgIpc) is 3.07. The van der Waals surface area contributed by atoms with Crippen LogP contribution in [0.5, 0.6) is 0 Å². The zero-order chi connectivity index (χ0) is 21.5. The molecule has 0 spiro atoms. The van der Waals surface area contributed by atoms with Crippen LogP contribution in [0.4, 0.5) is 5.69 Å². The van der Waals surface area contributed by atoms with E-state index in [9.17, 15) is 14.7 Å². The molecule has 2 bridgehead atoms. The van der Waals surface area contributed by atoms with Crippen molar-refractivity contribution in [1.82, 2.24) is 0 Å². The summed E-state index contributed by atoms with van der Waals surface area (Å²) in [4.78, 5) is 29.0. The minimum atomic E-state index is -0.942. The Kier molecular flexibility index (Phi) is 3.81. The highest BCUT2D eigenvalue weighted by atomic mass is 35.5. The Morgan fingerprint density at radius 1 is 0.935 bits per heavy atom. The van der Waals surface area contributed by atoms with Gasteiger partial charge in [0.2, 0.25) is 11.8 Å². The summed E-state index contributed by atoms with van der Waals surface area (Å²) < 4.78 is 0. The van der Waals surface area contributed by atoms with Crippen molar-refractivity contribution in [2.75, 3.05) is 11.5 Å². The molecule has 3 aromatic carbocycles. The Bertz CT molecular complexity index is 1240. The zero-order valence-corrected chi connectivity index (χ0v) is 17.6. The van der Waals surface area contributed by atoms with Crippen molar-refractivity contribution in [3.05, 3.63) is 99.6 Å². The molecule has 1 saturated heterocycles. The normalized spacial score (nSPS) is 27.8. The number of anilines is 1. The van der Waals surface area contributed by atoms with Gasteiger partial charge in [-0.3, -0.25) is 9.59 Å². The van der Waals surface area contributed by atoms with Gasteiger partial charge in [0.25, 0.3) is 0 Å². The Morgan fingerprint density at radius 3 is 2.13 bits per heavy atom. The van der Waals surface area contributed by atoms with Gasteiger partial charge < -0.3 is 5.11 Å². The van der Waals surface area contributed by atoms with E-state index in [2.05, 4.69) is 0 Å². The summed E-state index contributed by atoms with van der Waals surface area (Å²) in [7, 11) is 0. The number of hydrogen-bond acceptors (Lipinski definition) is 3. The largest absolute Gasteiger partial charge is 0.395 e. The van der Waals surface area contributed by atoms with E-state index in [4.69, 9.17) is 11.6 Å². The van der Waals surface area contributed by atoms with E-state index < -0.39 is 17.3 Å². The fraction of sp³-hybridized carbons (Fsp3) is 0.231. The maximum atomic E-state index is 13.9. The number of benzene rings is 3. The summed E-state index contributed by atoms with van der Waals surface area (Å²) in [5.74, 6) is -1.91. The van der Waals surface area contributed by atoms with Crippen LogP contribution in [0, 0.1) is 18.8 Å². The van der Waals surface area contributed by atoms with Crippen molar-refractivity contribution in [3.63, 3.8) is 0 Å². The maximum Gasteiger partial charge on any atom is 0.239 e. The first-order chi connectivity index (χ1) is 15.0. The third kappa shape index (κ3) is 2.14. The molecule has 4 aliphatic rings. The van der Waals surface area contributed by atoms with E-state index in [1.807, 2.05) is 61.5 Å². The SMILES string of the molecule is Cc1ccc(N2C(=O)C3C4c5ccccc5C(CO)(c5ccccc54)C3C2=O)cc1Cl. The van der Waals surface area contributed by atoms with Gasteiger partial charge in [-0.15, -0.1) is 0 Å². The quantitative estimate of drug-likeness (QED) is 0.621. The predicted octanol–water partition coefficient (Wildman–Crippen LogP) is 4.19. The van der Waals surface area contributed by atoms with Crippen LogP contribution >= 0.6 is 11.6 Å². The molecule has 7 rings (SSSR count). The number of aryl methyl sites for hydroxylation is 1. The first-order valence-electron chi connectivity index (χ1n) is 10.4. The number of carbonyl (C=O) groups excluding carboxylic acids is 2. The molecule has 3 aromatic rings. The monoisotopic (exact) mass is 429 g/mol. The second-order valence-corrected chi connectivity index (χ2v) is 9.14. The highest BCUT2D eigenvalue weighted by Crippen LogP contribution is 2.64. The van der Waals surface area contributed by atoms with Gasteiger partial charge in [0.15, 0.2) is 0 Å². The van der Waals surface area contributed by atoms with Crippen LogP contribution in [-0.2, 0) is 15.0 Å². The maximum absolute atomic E-state index is 13.9. The first-order valence-corrected chi connectivity index (χ1v) is 10.8. The molecule has 2 atom stereocenters. The lowest BCUT2D eigenvalue weighted by Gasteiger charge is -2.53. The summed E-state index contributed by atoms with van der Waals surface area (Å²) >= 11 is 6.32. The first kappa shape index (κ1) is 18.8. The number of nitrogens with zero attached hydrogens (tertiary/aromatic N) is 1. The second kappa shape index (κ2) is 6.28. The third-order valence-corrected chi connectivity index (χ3v) is 7.86. The molecule has 31 heavy (non-hydrogen) atoms. The Hall–Kier alpha value is -2.95. The van der Waals surface area contributed by atoms with Crippen LogP contribution in [-0.4, -0.2) is 23.5 Å². The molecule has 1 heterocycles. The molecule has 0 saturated carbocycles. The van der Waals surface area contributed by atoms with Gasteiger partial charge in [-0.05, 0) is 46.9 Å². The minimum absolute atomic E-state index is 0.215. The van der Waals surface area contributed by atoms with Crippen LogP contribution in [0.25, 0.3) is 0 Å². The number of carbonyl (C=O) groups is 2. The minimum Gasteiger partial charge on any atom is -0.395 e. The zero-order valence-electron chi connectivity index (χ0n) is 16.9. The van der Waals surface area contributed by atoms with Crippen molar-refractivity contribution in [2.45, 2.75) is 18.3 Å². The molecule has 1 N–H and O–H groups in total. The predicted molar refractivity (Wildman–Crippen MR) is 118 cm³/mol. The summed E-state index contributed by atoms with van der Waals surface area (Å²) in [5, 5.41) is 11.4. The molecule has 3 aliphatic carbocycles. The average molecular weight is 430 g/mol. The van der Waals surface area contributed by atoms with Crippen LogP contribution in [0.1, 0.15) is 33.7 Å². The number of hydrogen-bond donors (Lipinski definition) is 1. The van der Waals surface area contributed by atoms with Crippen LogP contribution in [0.3, 0.4) is 0 Å². The molecular formula is C26H20ClNO3. The van der Waals surface area contributed by atoms with Gasteiger partial charge in [0.1, 0.15) is 0 Å². The fourth-order valence-corrected chi connectivity index (χ4v) is 6.35. The topological polar surface area (TPSA) is 57.6 Å². The highest BCUT2D eigenvalue weighted by Gasteiger charge is 2.68. The Balaban J connectivity index is 1.62. The number of aliphatic hydroxyl groups is 1. The van der Waals surface area contributed by atoms with Gasteiger partial charge >= 0.3 is 0 Å². The summed E-state index contributed by atoms with van der Waals surface area (Å²) in [6.45, 7) is 1.64. The lowest BCUT2D eigenvalue weighted by molar-refractivity contribution is -0.124. The number of rotatable bonds is 2. The lowest BCUT2D eigenvalue weighted by Crippen LogP contribution is -2.55. The molecule has 154 valence electrons. The Morgan fingerprint density at radius 2 is 1.55 bits per heavy atom. The molecule has 2 amide bonds. The van der Waals surface area contributed by atoms with Crippen molar-refractivity contribution in [2.24, 2.45) is 11.8 Å². The lowest BCUT2D eigenvalue weighted by atomic mass is 9.47. The van der Waals surface area contributed by atoms with E-state index in [0.717, 1.165) is 27.8 Å². The standard InChI is InChI=1S/C26H20ClNO3/c1-14-10-11-15(12-20(14)27)28-24(30)22-21-16-6-2-4-8-18(16)26(13-29,23(22)25(28)31)19-9-5-3-7-17(19)21/h2-12,21-23,29H,13H2,1H3. The number of halogens is 1. The molecule has 0 aromatic heterocycles. The third-order valence-electron chi connectivity index (χ3n) is 7.46. The highest BCUT2D eigenvalue weighted by molar-refractivity contribution is 6.32. The van der Waals surface area contributed by atoms with E-state index in [1.54, 1.807) is 12.1 Å². The summed E-state index contributed by atoms with van der Waals surface area (Å²) in [5.41, 5.74) is 4.39. The van der Waals surface area contributed by atoms with E-state index in [1.165, 1.54) is 4.90 Å². The second-order valence-electron chi connectivity index (χ2n) is 8.73. The number of aliphatic hydroxyl groups excluding tert-OH is 1. The fourth-order valence-electron chi connectivity index (χ4n) is 6.17. The molecule has 4 nitrogen and oxygen atoms in total. The van der Waals surface area contributed by atoms with Crippen LogP contribution in [0.15, 0.2) is 66.7 Å². The summed E-state index contributed by atoms with van der Waals surface area (Å²) in [6, 6.07) is 21.1. The number of imide groups is 1. The van der Waals surface area contributed by atoms with E-state index in [0.29, 0.717) is 10.7 Å². The number of amides is 2. The molecule has 5 heteroatoms. The van der Waals surface area contributed by atoms with Gasteiger partial charge in [-0.1, -0.05) is 66.2 Å². The molecule has 1 fully saturated rings. The van der Waals surface area contributed by atoms with Crippen molar-refractivity contribution < 1.29 is 14.7 Å². The van der Waals surface area contributed by atoms with E-state index in [-0.39, 0.29) is 24.3 Å². The van der Waals surface area contributed by atoms with Crippen LogP contribution in [0.2, 0.25) is 5.02 Å². The molecule has 0 radical (unpaired) electrons. The smallest absolute Gasteiger partial charge is 0.239 e.